The van der Waals surface area contributed by atoms with Crippen LogP contribution in [0.5, 0.6) is 0 Å². The zero-order valence-corrected chi connectivity index (χ0v) is 27.0. The Bertz CT molecular complexity index is 1930. The van der Waals surface area contributed by atoms with Gasteiger partial charge >= 0.3 is 6.09 Å². The van der Waals surface area contributed by atoms with Gasteiger partial charge in [-0.15, -0.1) is 5.10 Å². The van der Waals surface area contributed by atoms with Crippen LogP contribution in [0.3, 0.4) is 0 Å². The minimum Gasteiger partial charge on any atom is -0.453 e. The second-order valence-electron chi connectivity index (χ2n) is 10.9. The number of H-pyrrole nitrogens is 1. The van der Waals surface area contributed by atoms with Crippen molar-refractivity contribution in [2.75, 3.05) is 31.8 Å². The number of hydrogen-bond donors (Lipinski definition) is 3. The average Bonchev–Trinajstić information content (AvgIpc) is 3.59. The van der Waals surface area contributed by atoms with E-state index in [1.165, 1.54) is 34.8 Å². The molecule has 0 radical (unpaired) electrons. The highest BCUT2D eigenvalue weighted by Crippen LogP contribution is 2.29. The summed E-state index contributed by atoms with van der Waals surface area (Å²) in [5.41, 5.74) is 2.42. The summed E-state index contributed by atoms with van der Waals surface area (Å²) in [4.78, 5) is 37.8. The van der Waals surface area contributed by atoms with Crippen LogP contribution in [0, 0.1) is 5.92 Å². The fraction of sp³-hybridized carbons (Fsp3) is 0.300. The first kappa shape index (κ1) is 33.4. The number of piperidine rings is 1. The zero-order chi connectivity index (χ0) is 33.6. The summed E-state index contributed by atoms with van der Waals surface area (Å²) in [6.45, 7) is 0.726. The van der Waals surface area contributed by atoms with Crippen molar-refractivity contribution in [3.05, 3.63) is 87.6 Å². The van der Waals surface area contributed by atoms with Gasteiger partial charge in [-0.25, -0.2) is 22.6 Å². The van der Waals surface area contributed by atoms with Crippen LogP contribution in [0.2, 0.25) is 5.02 Å². The molecule has 2 unspecified atom stereocenters. The van der Waals surface area contributed by atoms with Crippen molar-refractivity contribution in [1.82, 2.24) is 40.0 Å². The number of amides is 2. The Balaban J connectivity index is 1.43. The molecule has 15 nitrogen and oxygen atoms in total. The number of rotatable bonds is 10. The predicted octanol–water partition coefficient (Wildman–Crippen LogP) is 3.18. The van der Waals surface area contributed by atoms with E-state index in [9.17, 15) is 22.8 Å². The monoisotopic (exact) mass is 681 g/mol. The molecule has 0 spiro atoms. The van der Waals surface area contributed by atoms with Crippen molar-refractivity contribution in [2.24, 2.45) is 5.92 Å². The number of hydrogen-bond acceptors (Lipinski definition) is 10. The van der Waals surface area contributed by atoms with Gasteiger partial charge in [0, 0.05) is 35.4 Å². The number of carbonyl (C=O) groups excluding carboxylic acids is 2. The van der Waals surface area contributed by atoms with Crippen molar-refractivity contribution >= 4 is 45.4 Å². The molecule has 2 amide bonds. The number of nitrogens with one attached hydrogen (secondary N) is 3. The Morgan fingerprint density at radius 1 is 1.19 bits per heavy atom. The molecule has 0 saturated carbocycles. The molecule has 4 aromatic rings. The van der Waals surface area contributed by atoms with E-state index in [0.29, 0.717) is 64.7 Å². The molecule has 0 aliphatic carbocycles. The Labute approximate surface area is 275 Å². The average molecular weight is 682 g/mol. The third-order valence-corrected chi connectivity index (χ3v) is 9.15. The lowest BCUT2D eigenvalue weighted by Gasteiger charge is -2.33. The van der Waals surface area contributed by atoms with Crippen LogP contribution in [0.1, 0.15) is 36.6 Å². The summed E-state index contributed by atoms with van der Waals surface area (Å²) in [7, 11) is -2.14. The molecule has 2 aromatic heterocycles. The van der Waals surface area contributed by atoms with Gasteiger partial charge in [0.15, 0.2) is 0 Å². The van der Waals surface area contributed by atoms with Crippen LogP contribution < -0.4 is 16.2 Å². The zero-order valence-electron chi connectivity index (χ0n) is 25.5. The Hall–Kier alpha value is -4.93. The molecule has 0 bridgehead atoms. The summed E-state index contributed by atoms with van der Waals surface area (Å²) in [6, 6.07) is 12.5. The van der Waals surface area contributed by atoms with Gasteiger partial charge in [-0.3, -0.25) is 14.9 Å². The summed E-state index contributed by atoms with van der Waals surface area (Å²) in [5, 5.41) is 24.0. The van der Waals surface area contributed by atoms with Gasteiger partial charge in [-0.05, 0) is 83.6 Å². The van der Waals surface area contributed by atoms with Gasteiger partial charge in [0.1, 0.15) is 6.33 Å². The molecule has 17 heteroatoms. The van der Waals surface area contributed by atoms with E-state index >= 15 is 0 Å². The van der Waals surface area contributed by atoms with Gasteiger partial charge in [0.05, 0.1) is 36.4 Å². The number of tetrazole rings is 1. The highest BCUT2D eigenvalue weighted by molar-refractivity contribution is 7.88. The molecule has 1 saturated heterocycles. The molecule has 47 heavy (non-hydrogen) atoms. The number of nitrogens with zero attached hydrogens (tertiary/aromatic N) is 6. The van der Waals surface area contributed by atoms with Crippen LogP contribution in [0.4, 0.5) is 10.5 Å². The normalized spacial score (nSPS) is 16.1. The lowest BCUT2D eigenvalue weighted by Crippen LogP contribution is -2.41. The molecule has 1 fully saturated rings. The van der Waals surface area contributed by atoms with Gasteiger partial charge < -0.3 is 10.1 Å². The number of sulfonamides is 1. The highest BCUT2D eigenvalue weighted by atomic mass is 35.5. The number of carbonyl (C=O) groups is 2. The Kier molecular flexibility index (Phi) is 10.4. The SMILES string of the molecule is COC(=O)Nc1ccc(-c2cc(C(CC3CCCN(S(C)(=O)=O)C3)NC(=O)C=Cc3cc(Cl)ccc3-n3cnnn3)n[nH]c2=O)cc1. The molecular weight excluding hydrogens is 650 g/mol. The summed E-state index contributed by atoms with van der Waals surface area (Å²) in [5.74, 6) is -0.547. The van der Waals surface area contributed by atoms with Crippen LogP contribution in [0.15, 0.2) is 65.7 Å². The molecule has 2 aromatic carbocycles. The summed E-state index contributed by atoms with van der Waals surface area (Å²) in [6.07, 6.45) is 6.67. The fourth-order valence-electron chi connectivity index (χ4n) is 5.35. The highest BCUT2D eigenvalue weighted by Gasteiger charge is 2.29. The van der Waals surface area contributed by atoms with E-state index in [2.05, 4.69) is 41.1 Å². The summed E-state index contributed by atoms with van der Waals surface area (Å²) < 4.78 is 32.1. The van der Waals surface area contributed by atoms with E-state index in [0.717, 1.165) is 6.42 Å². The molecule has 1 aliphatic heterocycles. The second kappa shape index (κ2) is 14.7. The quantitative estimate of drug-likeness (QED) is 0.209. The maximum absolute atomic E-state index is 13.4. The minimum atomic E-state index is -3.40. The van der Waals surface area contributed by atoms with Crippen LogP contribution >= 0.6 is 11.6 Å². The topological polar surface area (TPSA) is 194 Å². The van der Waals surface area contributed by atoms with Crippen molar-refractivity contribution in [2.45, 2.75) is 25.3 Å². The second-order valence-corrected chi connectivity index (χ2v) is 13.4. The van der Waals surface area contributed by atoms with Gasteiger partial charge in [0.25, 0.3) is 5.56 Å². The van der Waals surface area contributed by atoms with E-state index in [1.54, 1.807) is 54.6 Å². The van der Waals surface area contributed by atoms with Crippen LogP contribution in [-0.4, -0.2) is 81.6 Å². The lowest BCUT2D eigenvalue weighted by atomic mass is 9.90. The first-order valence-corrected chi connectivity index (χ1v) is 16.7. The van der Waals surface area contributed by atoms with Gasteiger partial charge in [0.2, 0.25) is 15.9 Å². The van der Waals surface area contributed by atoms with E-state index in [4.69, 9.17) is 11.6 Å². The number of aromatic nitrogens is 6. The lowest BCUT2D eigenvalue weighted by molar-refractivity contribution is -0.117. The minimum absolute atomic E-state index is 0.0899. The van der Waals surface area contributed by atoms with Gasteiger partial charge in [-0.1, -0.05) is 23.7 Å². The van der Waals surface area contributed by atoms with Crippen molar-refractivity contribution < 1.29 is 22.7 Å². The molecule has 3 heterocycles. The number of halogens is 1. The van der Waals surface area contributed by atoms with Crippen molar-refractivity contribution in [3.8, 4) is 16.8 Å². The molecular formula is C30H32ClN9O6S. The molecule has 246 valence electrons. The van der Waals surface area contributed by atoms with Crippen molar-refractivity contribution in [3.63, 3.8) is 0 Å². The number of anilines is 1. The van der Waals surface area contributed by atoms with E-state index in [1.807, 2.05) is 0 Å². The third-order valence-electron chi connectivity index (χ3n) is 7.64. The number of methoxy groups -OCH3 is 1. The van der Waals surface area contributed by atoms with E-state index < -0.39 is 33.6 Å². The van der Waals surface area contributed by atoms with Crippen LogP contribution in [-0.2, 0) is 19.6 Å². The smallest absolute Gasteiger partial charge is 0.411 e. The predicted molar refractivity (Wildman–Crippen MR) is 174 cm³/mol. The number of ether oxygens (including phenoxy) is 1. The summed E-state index contributed by atoms with van der Waals surface area (Å²) >= 11 is 6.22. The molecule has 5 rings (SSSR count). The maximum atomic E-state index is 13.4. The Morgan fingerprint density at radius 2 is 1.98 bits per heavy atom. The van der Waals surface area contributed by atoms with Gasteiger partial charge in [-0.2, -0.15) is 9.78 Å². The number of aromatic amines is 1. The molecule has 1 aliphatic rings. The first-order chi connectivity index (χ1) is 22.5. The largest absolute Gasteiger partial charge is 0.453 e. The molecule has 2 atom stereocenters. The fourth-order valence-corrected chi connectivity index (χ4v) is 6.47. The first-order valence-electron chi connectivity index (χ1n) is 14.5. The van der Waals surface area contributed by atoms with Crippen molar-refractivity contribution in [1.29, 1.82) is 0 Å². The standard InChI is InChI=1S/C30H32ClN9O6S/c1-46-30(43)33-23-9-5-20(6-10-23)24-16-26(35-36-29(24)42)25(14-19-4-3-13-39(17-19)47(2,44)45)34-28(41)12-7-21-15-22(31)8-11-27(21)40-18-32-37-38-40/h5-12,15-16,18-19,25H,3-4,13-14,17H2,1-2H3,(H,33,43)(H,34,41)(H,36,42). The molecule has 3 N–H and O–H groups in total. The van der Waals surface area contributed by atoms with Crippen LogP contribution in [0.25, 0.3) is 22.9 Å². The Morgan fingerprint density at radius 3 is 2.68 bits per heavy atom. The number of benzene rings is 2. The van der Waals surface area contributed by atoms with E-state index in [-0.39, 0.29) is 5.92 Å². The third kappa shape index (κ3) is 8.66. The maximum Gasteiger partial charge on any atom is 0.411 e.